The van der Waals surface area contributed by atoms with Crippen molar-refractivity contribution in [3.05, 3.63) is 0 Å². The van der Waals surface area contributed by atoms with E-state index in [1.54, 1.807) is 0 Å². The predicted molar refractivity (Wildman–Crippen MR) is 69.4 cm³/mol. The van der Waals surface area contributed by atoms with Gasteiger partial charge in [-0.25, -0.2) is 13.2 Å². The molecule has 1 atom stereocenters. The van der Waals surface area contributed by atoms with Crippen LogP contribution in [0.25, 0.3) is 0 Å². The summed E-state index contributed by atoms with van der Waals surface area (Å²) in [5, 5.41) is 5.85. The Morgan fingerprint density at radius 2 is 2.11 bits per heavy atom. The van der Waals surface area contributed by atoms with Gasteiger partial charge in [0.05, 0.1) is 5.75 Å². The number of carbonyl (C=O) groups excluding carboxylic acids is 2. The zero-order chi connectivity index (χ0) is 14.1. The molecule has 2 saturated heterocycles. The van der Waals surface area contributed by atoms with Crippen LogP contribution in [0.15, 0.2) is 0 Å². The third kappa shape index (κ3) is 3.06. The summed E-state index contributed by atoms with van der Waals surface area (Å²) in [4.78, 5) is 25.3. The maximum Gasteiger partial charge on any atom is 0.325 e. The maximum absolute atomic E-state index is 12.3. The van der Waals surface area contributed by atoms with Crippen LogP contribution in [-0.4, -0.2) is 62.4 Å². The van der Waals surface area contributed by atoms with E-state index in [1.807, 2.05) is 0 Å². The van der Waals surface area contributed by atoms with Gasteiger partial charge in [0.25, 0.3) is 5.91 Å². The Balaban J connectivity index is 1.98. The molecule has 2 N–H and O–H groups in total. The molecule has 0 aromatic heterocycles. The number of hydrogen-bond donors (Lipinski definition) is 2. The highest BCUT2D eigenvalue weighted by Crippen LogP contribution is 2.25. The highest BCUT2D eigenvalue weighted by Gasteiger charge is 2.51. The van der Waals surface area contributed by atoms with Gasteiger partial charge in [-0.15, -0.1) is 0 Å². The number of urea groups is 1. The molecule has 2 aliphatic heterocycles. The van der Waals surface area contributed by atoms with E-state index in [1.165, 1.54) is 0 Å². The molecule has 2 rings (SSSR count). The molecule has 0 radical (unpaired) electrons. The van der Waals surface area contributed by atoms with E-state index >= 15 is 0 Å². The summed E-state index contributed by atoms with van der Waals surface area (Å²) < 4.78 is 22.1. The fourth-order valence-electron chi connectivity index (χ4n) is 2.56. The van der Waals surface area contributed by atoms with Gasteiger partial charge in [0, 0.05) is 19.3 Å². The van der Waals surface area contributed by atoms with Gasteiger partial charge >= 0.3 is 6.03 Å². The zero-order valence-electron chi connectivity index (χ0n) is 10.9. The van der Waals surface area contributed by atoms with Gasteiger partial charge in [-0.3, -0.25) is 9.69 Å². The highest BCUT2D eigenvalue weighted by atomic mass is 32.2. The van der Waals surface area contributed by atoms with Crippen LogP contribution in [0.5, 0.6) is 0 Å². The summed E-state index contributed by atoms with van der Waals surface area (Å²) in [5.74, 6) is -0.256. The first-order valence-corrected chi connectivity index (χ1v) is 8.43. The number of hydrogen-bond acceptors (Lipinski definition) is 5. The Bertz CT molecular complexity index is 482. The second-order valence-corrected chi connectivity index (χ2v) is 7.49. The molecule has 1 spiro atoms. The van der Waals surface area contributed by atoms with E-state index < -0.39 is 21.4 Å². The van der Waals surface area contributed by atoms with Gasteiger partial charge in [-0.2, -0.15) is 0 Å². The lowest BCUT2D eigenvalue weighted by Gasteiger charge is -2.31. The van der Waals surface area contributed by atoms with Gasteiger partial charge in [0.15, 0.2) is 0 Å². The van der Waals surface area contributed by atoms with Crippen molar-refractivity contribution in [2.45, 2.75) is 24.8 Å². The van der Waals surface area contributed by atoms with Crippen molar-refractivity contribution < 1.29 is 18.0 Å². The number of nitrogens with zero attached hydrogens (tertiary/aromatic N) is 1. The van der Waals surface area contributed by atoms with Gasteiger partial charge in [-0.05, 0) is 25.8 Å². The number of rotatable bonds is 4. The van der Waals surface area contributed by atoms with E-state index in [-0.39, 0.29) is 24.6 Å². The van der Waals surface area contributed by atoms with Crippen molar-refractivity contribution >= 4 is 21.8 Å². The molecule has 2 fully saturated rings. The van der Waals surface area contributed by atoms with Gasteiger partial charge in [-0.1, -0.05) is 0 Å². The Hall–Kier alpha value is -1.15. The van der Waals surface area contributed by atoms with Crippen LogP contribution >= 0.6 is 0 Å². The Kier molecular flexibility index (Phi) is 3.82. The summed E-state index contributed by atoms with van der Waals surface area (Å²) in [7, 11) is -3.07. The van der Waals surface area contributed by atoms with E-state index in [4.69, 9.17) is 0 Å². The Morgan fingerprint density at radius 1 is 1.37 bits per heavy atom. The van der Waals surface area contributed by atoms with E-state index in [0.717, 1.165) is 24.1 Å². The molecule has 0 aliphatic carbocycles. The van der Waals surface area contributed by atoms with Crippen molar-refractivity contribution in [1.29, 1.82) is 0 Å². The van der Waals surface area contributed by atoms with Gasteiger partial charge in [0.1, 0.15) is 15.4 Å². The molecule has 0 bridgehead atoms. The smallest absolute Gasteiger partial charge is 0.322 e. The molecule has 0 aromatic carbocycles. The quantitative estimate of drug-likeness (QED) is 0.654. The first-order chi connectivity index (χ1) is 8.84. The molecule has 2 aliphatic rings. The van der Waals surface area contributed by atoms with Crippen LogP contribution in [0.4, 0.5) is 4.79 Å². The fourth-order valence-corrected chi connectivity index (χ4v) is 3.21. The van der Waals surface area contributed by atoms with E-state index in [9.17, 15) is 18.0 Å². The molecular formula is C11H19N3O4S. The predicted octanol–water partition coefficient (Wildman–Crippen LogP) is -0.905. The molecule has 3 amide bonds. The lowest BCUT2D eigenvalue weighted by molar-refractivity contribution is -0.131. The van der Waals surface area contributed by atoms with Crippen molar-refractivity contribution in [3.63, 3.8) is 0 Å². The Labute approximate surface area is 112 Å². The number of carbonyl (C=O) groups is 2. The average molecular weight is 289 g/mol. The standard InChI is InChI=1S/C11H19N3O4S/c1-19(17,18)7-3-6-14-9(15)11(13-10(14)16)4-2-5-12-8-11/h12H,2-8H2,1H3,(H,13,16). The molecule has 19 heavy (non-hydrogen) atoms. The third-order valence-corrected chi connectivity index (χ3v) is 4.56. The molecule has 1 unspecified atom stereocenters. The summed E-state index contributed by atoms with van der Waals surface area (Å²) in [6.45, 7) is 1.44. The highest BCUT2D eigenvalue weighted by molar-refractivity contribution is 7.90. The summed E-state index contributed by atoms with van der Waals surface area (Å²) >= 11 is 0. The summed E-state index contributed by atoms with van der Waals surface area (Å²) in [5.41, 5.74) is -0.819. The number of piperidine rings is 1. The molecule has 2 heterocycles. The first-order valence-electron chi connectivity index (χ1n) is 6.37. The minimum absolute atomic E-state index is 0.0185. The number of sulfone groups is 1. The van der Waals surface area contributed by atoms with Gasteiger partial charge < -0.3 is 10.6 Å². The number of nitrogens with one attached hydrogen (secondary N) is 2. The number of imide groups is 1. The molecular weight excluding hydrogens is 270 g/mol. The van der Waals surface area contributed by atoms with Crippen LogP contribution in [0, 0.1) is 0 Å². The van der Waals surface area contributed by atoms with Crippen LogP contribution in [0.3, 0.4) is 0 Å². The normalized spacial score (nSPS) is 27.9. The Morgan fingerprint density at radius 3 is 2.68 bits per heavy atom. The van der Waals surface area contributed by atoms with Crippen LogP contribution < -0.4 is 10.6 Å². The lowest BCUT2D eigenvalue weighted by Crippen LogP contribution is -2.57. The SMILES string of the molecule is CS(=O)(=O)CCCN1C(=O)NC2(CCCNC2)C1=O. The van der Waals surface area contributed by atoms with Crippen LogP contribution in [-0.2, 0) is 14.6 Å². The zero-order valence-corrected chi connectivity index (χ0v) is 11.8. The number of amides is 3. The van der Waals surface area contributed by atoms with Crippen molar-refractivity contribution in [2.75, 3.05) is 31.6 Å². The summed E-state index contributed by atoms with van der Waals surface area (Å²) in [6, 6.07) is -0.415. The largest absolute Gasteiger partial charge is 0.325 e. The third-order valence-electron chi connectivity index (χ3n) is 3.53. The van der Waals surface area contributed by atoms with Gasteiger partial charge in [0.2, 0.25) is 0 Å². The minimum atomic E-state index is -3.07. The summed E-state index contributed by atoms with van der Waals surface area (Å²) in [6.07, 6.45) is 2.89. The van der Waals surface area contributed by atoms with Crippen molar-refractivity contribution in [1.82, 2.24) is 15.5 Å². The molecule has 8 heteroatoms. The molecule has 0 aromatic rings. The topological polar surface area (TPSA) is 95.6 Å². The second kappa shape index (κ2) is 5.09. The second-order valence-electron chi connectivity index (χ2n) is 5.23. The average Bonchev–Trinajstić information content (AvgIpc) is 2.53. The van der Waals surface area contributed by atoms with Crippen LogP contribution in [0.1, 0.15) is 19.3 Å². The first kappa shape index (κ1) is 14.3. The molecule has 0 saturated carbocycles. The van der Waals surface area contributed by atoms with Crippen molar-refractivity contribution in [3.8, 4) is 0 Å². The molecule has 108 valence electrons. The lowest BCUT2D eigenvalue weighted by atomic mass is 9.90. The maximum atomic E-state index is 12.3. The monoisotopic (exact) mass is 289 g/mol. The fraction of sp³-hybridized carbons (Fsp3) is 0.818. The van der Waals surface area contributed by atoms with Crippen LogP contribution in [0.2, 0.25) is 0 Å². The van der Waals surface area contributed by atoms with E-state index in [2.05, 4.69) is 10.6 Å². The van der Waals surface area contributed by atoms with E-state index in [0.29, 0.717) is 13.0 Å². The minimum Gasteiger partial charge on any atom is -0.322 e. The van der Waals surface area contributed by atoms with Crippen molar-refractivity contribution in [2.24, 2.45) is 0 Å². The molecule has 7 nitrogen and oxygen atoms in total.